The van der Waals surface area contributed by atoms with Gasteiger partial charge in [0.1, 0.15) is 34.5 Å². The van der Waals surface area contributed by atoms with Crippen molar-refractivity contribution in [2.45, 2.75) is 300 Å². The van der Waals surface area contributed by atoms with Crippen LogP contribution in [0.15, 0.2) is 109 Å². The number of rotatable bonds is 6. The number of benzene rings is 6. The van der Waals surface area contributed by atoms with Gasteiger partial charge in [0.05, 0.1) is 50.9 Å². The van der Waals surface area contributed by atoms with E-state index in [2.05, 4.69) is 12.1 Å². The van der Waals surface area contributed by atoms with Crippen LogP contribution in [0.3, 0.4) is 0 Å². The Kier molecular flexibility index (Phi) is 14.2. The van der Waals surface area contributed by atoms with Crippen molar-refractivity contribution < 1.29 is 80.5 Å². The van der Waals surface area contributed by atoms with E-state index in [4.69, 9.17) is 80.5 Å². The van der Waals surface area contributed by atoms with Crippen LogP contribution in [-0.4, -0.2) is 189 Å². The summed E-state index contributed by atoms with van der Waals surface area (Å²) in [6.07, 6.45) is 10.6. The van der Waals surface area contributed by atoms with Crippen molar-refractivity contribution in [2.75, 3.05) is 124 Å². The molecule has 0 aromatic heterocycles. The second kappa shape index (κ2) is 34.0. The standard InChI is InChI=1S/6C18H25NO/c6*1-19-10-9-18-8-4-3-5-15(18)17(19)11-13-6-7-14(20-2)12-16(13)18/h6*6-7,12,15,17H,3-5,8-11H2,1-2H3/t6*15?,17-,18-/m000000/s1/i2*1D3,6D,7D,11D2,12D;2*1D3,9D2,10D2;2*9D2,10D2. The first-order chi connectivity index (χ1) is 73.5. The Morgan fingerprint density at radius 2 is 0.558 bits per heavy atom. The van der Waals surface area contributed by atoms with Crippen molar-refractivity contribution in [1.29, 1.82) is 0 Å². The number of likely N-dealkylation sites (N-methyl/N-ethyl adjacent to an activating group) is 6. The maximum atomic E-state index is 8.95. The monoisotopic (exact) mass is 1670 g/mol. The minimum atomic E-state index is -2.70. The molecule has 12 fully saturated rings. The largest absolute Gasteiger partial charge is 0.497 e. The summed E-state index contributed by atoms with van der Waals surface area (Å²) in [7, 11) is 12.6. The van der Waals surface area contributed by atoms with Crippen molar-refractivity contribution in [3.05, 3.63) is 176 Å². The molecule has 6 saturated carbocycles. The maximum Gasteiger partial charge on any atom is 0.119 e. The molecule has 6 heterocycles. The maximum absolute atomic E-state index is 8.95. The van der Waals surface area contributed by atoms with Gasteiger partial charge < -0.3 is 57.8 Å². The number of methoxy groups -OCH3 is 6. The van der Waals surface area contributed by atoms with E-state index in [0.717, 1.165) is 181 Å². The highest BCUT2D eigenvalue weighted by Crippen LogP contribution is 2.63. The summed E-state index contributed by atoms with van der Waals surface area (Å²) in [5.74, 6) is 2.14. The van der Waals surface area contributed by atoms with Crippen LogP contribution < -0.4 is 28.4 Å². The molecule has 6 aliphatic heterocycles. The Balaban J connectivity index is 0.000000118. The lowest BCUT2D eigenvalue weighted by atomic mass is 9.52. The number of fused-ring (bicyclic) bond motifs is 6. The van der Waals surface area contributed by atoms with E-state index in [-0.39, 0.29) is 120 Å². The SMILES string of the molecule is [2H]C([2H])([2H])N1[C@H]2Cc3ccc(OC)cc3[C@@]3(CCCCC23)C([2H])([2H])C1([2H])[2H].[2H]C([2H])([2H])N1[C@H]2Cc3ccc(OC)cc3[C@@]3(CCCCC23)C([2H])([2H])C1([2H])[2H].[2H]C1([2H])N(C)[C@H]2Cc3ccc(OC)cc3[C@@]3(CCCCC23)C1([2H])[2H].[2H]C1([2H])N(C)[C@H]2Cc3ccc(OC)cc3[C@@]3(CCCCC23)C1([2H])[2H].[2H]c1c([2H])c2c(c([2H])c1OC)[C@]13CCCCC1[C@@H](N(C([2H])([2H])[2H])CC3)C2([2H])[2H].[2H]c1c([2H])c2c(c([2H])c1OC)[C@]13CCCCC1[C@@H](N(C([2H])([2H])[2H])CC3)C2([2H])[2H]. The molecule has 0 N–H and O–H groups in total. The van der Waals surface area contributed by atoms with Crippen LogP contribution in [0, 0.1) is 35.5 Å². The first kappa shape index (κ1) is 50.3. The van der Waals surface area contributed by atoms with Gasteiger partial charge in [0.25, 0.3) is 0 Å². The minimum absolute atomic E-state index is 0.00458. The predicted octanol–water partition coefficient (Wildman–Crippen LogP) is 20.3. The molecule has 12 heteroatoms. The lowest BCUT2D eigenvalue weighted by Crippen LogP contribution is -2.59. The Labute approximate surface area is 777 Å². The number of likely N-dealkylation sites (tertiary alicyclic amines) is 6. The second-order valence-electron chi connectivity index (χ2n) is 37.8. The highest BCUT2D eigenvalue weighted by molar-refractivity contribution is 5.52. The molecule has 120 heavy (non-hydrogen) atoms. The quantitative estimate of drug-likeness (QED) is 0.159. The van der Waals surface area contributed by atoms with Gasteiger partial charge in [0, 0.05) is 113 Å². The van der Waals surface area contributed by atoms with Gasteiger partial charge in [-0.1, -0.05) is 113 Å². The van der Waals surface area contributed by atoms with Gasteiger partial charge in [-0.2, -0.15) is 0 Å². The van der Waals surface area contributed by atoms with E-state index in [1.54, 1.807) is 52.3 Å². The Hall–Kier alpha value is -6.12. The van der Waals surface area contributed by atoms with E-state index < -0.39 is 149 Å². The first-order valence-electron chi connectivity index (χ1n) is 64.1. The minimum Gasteiger partial charge on any atom is -0.497 e. The topological polar surface area (TPSA) is 74.8 Å². The molecule has 0 spiro atoms. The van der Waals surface area contributed by atoms with Crippen molar-refractivity contribution in [3.63, 3.8) is 0 Å². The van der Waals surface area contributed by atoms with Crippen LogP contribution >= 0.6 is 0 Å². The van der Waals surface area contributed by atoms with Crippen LogP contribution in [0.4, 0.5) is 0 Å². The smallest absolute Gasteiger partial charge is 0.119 e. The van der Waals surface area contributed by atoms with Crippen LogP contribution in [0.5, 0.6) is 34.5 Å². The molecule has 12 nitrogen and oxygen atoms in total. The molecule has 24 rings (SSSR count). The molecular weight excluding hydrogens is 1480 g/mol. The highest BCUT2D eigenvalue weighted by atomic mass is 16.5. The molecule has 6 unspecified atom stereocenters. The fraction of sp³-hybridized carbons (Fsp3) is 0.667. The molecule has 18 aliphatic rings. The van der Waals surface area contributed by atoms with Gasteiger partial charge in [-0.3, -0.25) is 0 Å². The number of ether oxygens (including phenoxy) is 6. The van der Waals surface area contributed by atoms with E-state index in [0.29, 0.717) is 99.7 Å². The van der Waals surface area contributed by atoms with Crippen molar-refractivity contribution in [2.24, 2.45) is 35.5 Å². The third kappa shape index (κ3) is 14.1. The summed E-state index contributed by atoms with van der Waals surface area (Å²) >= 11 is 0. The van der Waals surface area contributed by atoms with Crippen molar-refractivity contribution >= 4 is 0 Å². The molecule has 648 valence electrons. The summed E-state index contributed by atoms with van der Waals surface area (Å²) in [5.41, 5.74) is 4.12. The summed E-state index contributed by atoms with van der Waals surface area (Å²) in [4.78, 5) is 7.66. The molecule has 6 aromatic rings. The number of hydrogen-bond donors (Lipinski definition) is 0. The number of piperidine rings is 6. The van der Waals surface area contributed by atoms with Gasteiger partial charge in [-0.05, 0) is 410 Å². The Morgan fingerprint density at radius 1 is 0.292 bits per heavy atom. The molecule has 18 atom stereocenters. The predicted molar refractivity (Wildman–Crippen MR) is 488 cm³/mol. The highest BCUT2D eigenvalue weighted by Gasteiger charge is 2.60. The molecule has 0 amide bonds. The fourth-order valence-electron chi connectivity index (χ4n) is 27.0. The number of nitrogens with zero attached hydrogens (tertiary/aromatic N) is 6. The fourth-order valence-corrected chi connectivity index (χ4v) is 27.0. The first-order valence-corrected chi connectivity index (χ1v) is 45.1. The van der Waals surface area contributed by atoms with Gasteiger partial charge in [0.15, 0.2) is 0 Å². The summed E-state index contributed by atoms with van der Waals surface area (Å²) in [5, 5.41) is 0. The van der Waals surface area contributed by atoms with Crippen LogP contribution in [-0.2, 0) is 70.9 Å². The zero-order chi connectivity index (χ0) is 116. The number of hydrogen-bond acceptors (Lipinski definition) is 12. The Morgan fingerprint density at radius 3 is 0.842 bits per heavy atom. The van der Waals surface area contributed by atoms with E-state index in [1.165, 1.54) is 24.0 Å². The normalized spacial score (nSPS) is 45.4. The third-order valence-electron chi connectivity index (χ3n) is 32.8. The van der Waals surface area contributed by atoms with Crippen LogP contribution in [0.2, 0.25) is 0 Å². The molecule has 0 radical (unpaired) electrons. The third-order valence-corrected chi connectivity index (χ3v) is 32.8. The van der Waals surface area contributed by atoms with Crippen LogP contribution in [0.1, 0.15) is 311 Å². The van der Waals surface area contributed by atoms with Gasteiger partial charge in [-0.15, -0.1) is 0 Å². The van der Waals surface area contributed by atoms with E-state index in [9.17, 15) is 0 Å². The summed E-state index contributed by atoms with van der Waals surface area (Å²) in [6, 6.07) is 19.1. The van der Waals surface area contributed by atoms with E-state index >= 15 is 0 Å². The molecule has 12 aliphatic carbocycles. The zero-order valence-corrected chi connectivity index (χ0v) is 71.6. The average molecular weight is 1670 g/mol. The average Bonchev–Trinajstić information content (AvgIpc) is 0.654. The lowest BCUT2D eigenvalue weighted by molar-refractivity contribution is 0.00272. The van der Waals surface area contributed by atoms with Crippen molar-refractivity contribution in [3.8, 4) is 34.5 Å². The zero-order valence-electron chi connectivity index (χ0n) is 110. The summed E-state index contributed by atoms with van der Waals surface area (Å²) < 4.78 is 355. The molecule has 6 saturated heterocycles. The molecule has 6 aromatic carbocycles. The lowest BCUT2D eigenvalue weighted by Gasteiger charge is -2.58. The summed E-state index contributed by atoms with van der Waals surface area (Å²) in [6.45, 7) is -19.0. The van der Waals surface area contributed by atoms with Gasteiger partial charge in [-0.25, -0.2) is 0 Å². The van der Waals surface area contributed by atoms with Gasteiger partial charge >= 0.3 is 0 Å². The van der Waals surface area contributed by atoms with E-state index in [1.807, 2.05) is 60.7 Å². The second-order valence-corrected chi connectivity index (χ2v) is 37.8. The van der Waals surface area contributed by atoms with Crippen molar-refractivity contribution in [1.82, 2.24) is 29.4 Å². The van der Waals surface area contributed by atoms with Crippen LogP contribution in [0.25, 0.3) is 0 Å². The molecular formula is C108H150N6O6. The molecule has 12 bridgehead atoms. The Bertz CT molecular complexity index is 6100. The van der Waals surface area contributed by atoms with Gasteiger partial charge in [0.2, 0.25) is 0 Å².